The van der Waals surface area contributed by atoms with Crippen molar-refractivity contribution in [1.29, 1.82) is 0 Å². The fraction of sp³-hybridized carbons (Fsp3) is 0.417. The van der Waals surface area contributed by atoms with E-state index in [4.69, 9.17) is 5.73 Å². The molecule has 1 atom stereocenters. The second kappa shape index (κ2) is 5.93. The van der Waals surface area contributed by atoms with Gasteiger partial charge >= 0.3 is 0 Å². The van der Waals surface area contributed by atoms with Crippen LogP contribution < -0.4 is 11.1 Å². The maximum atomic E-state index is 13.2. The molecule has 0 saturated carbocycles. The first-order valence-corrected chi connectivity index (χ1v) is 7.66. The van der Waals surface area contributed by atoms with Gasteiger partial charge in [-0.05, 0) is 46.7 Å². The Bertz CT molecular complexity index is 464. The van der Waals surface area contributed by atoms with Crippen molar-refractivity contribution in [2.45, 2.75) is 18.9 Å². The Morgan fingerprint density at radius 3 is 3.00 bits per heavy atom. The van der Waals surface area contributed by atoms with Crippen molar-refractivity contribution in [3.05, 3.63) is 28.0 Å². The van der Waals surface area contributed by atoms with Crippen molar-refractivity contribution in [3.8, 4) is 0 Å². The molecular weight excluding hydrogens is 319 g/mol. The van der Waals surface area contributed by atoms with E-state index < -0.39 is 5.82 Å². The van der Waals surface area contributed by atoms with Crippen LogP contribution in [0.15, 0.2) is 16.6 Å². The van der Waals surface area contributed by atoms with Crippen molar-refractivity contribution in [2.75, 3.05) is 17.2 Å². The molecule has 1 unspecified atom stereocenters. The van der Waals surface area contributed by atoms with Crippen LogP contribution in [0.3, 0.4) is 0 Å². The number of nitrogen functional groups attached to an aromatic ring is 1. The number of hydrogen-bond acceptors (Lipinski definition) is 3. The van der Waals surface area contributed by atoms with E-state index in [1.807, 2.05) is 11.8 Å². The van der Waals surface area contributed by atoms with E-state index >= 15 is 0 Å². The maximum Gasteiger partial charge on any atom is 0.252 e. The summed E-state index contributed by atoms with van der Waals surface area (Å²) in [6.07, 6.45) is 2.11. The summed E-state index contributed by atoms with van der Waals surface area (Å²) in [6.45, 7) is 0. The molecule has 1 heterocycles. The van der Waals surface area contributed by atoms with E-state index in [1.165, 1.54) is 12.1 Å². The number of carbonyl (C=O) groups excluding carboxylic acids is 1. The van der Waals surface area contributed by atoms with Crippen molar-refractivity contribution in [2.24, 2.45) is 0 Å². The van der Waals surface area contributed by atoms with Crippen LogP contribution in [-0.4, -0.2) is 23.5 Å². The van der Waals surface area contributed by atoms with Gasteiger partial charge in [0, 0.05) is 16.3 Å². The van der Waals surface area contributed by atoms with E-state index in [9.17, 15) is 9.18 Å². The fourth-order valence-electron chi connectivity index (χ4n) is 1.86. The predicted octanol–water partition coefficient (Wildman–Crippen LogP) is 2.80. The molecule has 1 aromatic rings. The summed E-state index contributed by atoms with van der Waals surface area (Å²) in [5.41, 5.74) is 5.85. The number of benzene rings is 1. The molecule has 18 heavy (non-hydrogen) atoms. The smallest absolute Gasteiger partial charge is 0.252 e. The molecule has 2 rings (SSSR count). The number of amides is 1. The number of thioether (sulfide) groups is 1. The molecule has 1 aromatic carbocycles. The van der Waals surface area contributed by atoms with Crippen LogP contribution in [0.25, 0.3) is 0 Å². The molecule has 1 aliphatic heterocycles. The van der Waals surface area contributed by atoms with Gasteiger partial charge in [-0.2, -0.15) is 11.8 Å². The Hall–Kier alpha value is -0.750. The second-order valence-electron chi connectivity index (χ2n) is 4.24. The molecule has 98 valence electrons. The average Bonchev–Trinajstić information content (AvgIpc) is 2.35. The first-order chi connectivity index (χ1) is 8.58. The van der Waals surface area contributed by atoms with Gasteiger partial charge in [0.2, 0.25) is 0 Å². The summed E-state index contributed by atoms with van der Waals surface area (Å²) in [6, 6.07) is 2.78. The minimum atomic E-state index is -0.522. The third-order valence-electron chi connectivity index (χ3n) is 2.83. The largest absolute Gasteiger partial charge is 0.396 e. The Morgan fingerprint density at radius 2 is 2.33 bits per heavy atom. The molecule has 0 aromatic heterocycles. The zero-order chi connectivity index (χ0) is 13.1. The molecular formula is C12H14BrFN2OS. The van der Waals surface area contributed by atoms with E-state index in [2.05, 4.69) is 21.2 Å². The van der Waals surface area contributed by atoms with Crippen LogP contribution >= 0.6 is 27.7 Å². The number of carbonyl (C=O) groups is 1. The van der Waals surface area contributed by atoms with Crippen LogP contribution in [0.2, 0.25) is 0 Å². The molecule has 0 radical (unpaired) electrons. The average molecular weight is 333 g/mol. The fourth-order valence-corrected chi connectivity index (χ4v) is 3.42. The van der Waals surface area contributed by atoms with Gasteiger partial charge in [-0.3, -0.25) is 4.79 Å². The van der Waals surface area contributed by atoms with E-state index in [-0.39, 0.29) is 17.6 Å². The highest BCUT2D eigenvalue weighted by atomic mass is 79.9. The Balaban J connectivity index is 2.10. The summed E-state index contributed by atoms with van der Waals surface area (Å²) in [4.78, 5) is 12.1. The molecule has 0 spiro atoms. The number of hydrogen-bond donors (Lipinski definition) is 2. The number of rotatable bonds is 2. The van der Waals surface area contributed by atoms with Gasteiger partial charge in [-0.25, -0.2) is 4.39 Å². The lowest BCUT2D eigenvalue weighted by Crippen LogP contribution is -2.38. The zero-order valence-electron chi connectivity index (χ0n) is 9.71. The predicted molar refractivity (Wildman–Crippen MR) is 76.3 cm³/mol. The van der Waals surface area contributed by atoms with Crippen LogP contribution in [0.4, 0.5) is 10.1 Å². The van der Waals surface area contributed by atoms with Crippen molar-refractivity contribution in [1.82, 2.24) is 5.32 Å². The Morgan fingerprint density at radius 1 is 1.56 bits per heavy atom. The van der Waals surface area contributed by atoms with Gasteiger partial charge in [-0.1, -0.05) is 0 Å². The molecule has 3 nitrogen and oxygen atoms in total. The third kappa shape index (κ3) is 3.17. The first-order valence-electron chi connectivity index (χ1n) is 5.71. The van der Waals surface area contributed by atoms with Gasteiger partial charge in [0.05, 0.1) is 11.3 Å². The maximum absolute atomic E-state index is 13.2. The van der Waals surface area contributed by atoms with Crippen molar-refractivity contribution >= 4 is 39.3 Å². The van der Waals surface area contributed by atoms with Crippen molar-refractivity contribution in [3.63, 3.8) is 0 Å². The molecule has 1 fully saturated rings. The summed E-state index contributed by atoms with van der Waals surface area (Å²) in [5, 5.41) is 2.95. The second-order valence-corrected chi connectivity index (χ2v) is 6.25. The standard InChI is InChI=1S/C12H14BrFN2OS/c13-9-5-10(14)11(15)4-8(9)12(17)16-7-2-1-3-18-6-7/h4-5,7H,1-3,6,15H2,(H,16,17). The zero-order valence-corrected chi connectivity index (χ0v) is 12.1. The molecule has 6 heteroatoms. The van der Waals surface area contributed by atoms with Crippen LogP contribution in [0.5, 0.6) is 0 Å². The topological polar surface area (TPSA) is 55.1 Å². The normalized spacial score (nSPS) is 19.6. The lowest BCUT2D eigenvalue weighted by atomic mass is 10.1. The number of anilines is 1. The Labute approximate surface area is 118 Å². The molecule has 1 amide bonds. The highest BCUT2D eigenvalue weighted by molar-refractivity contribution is 9.10. The van der Waals surface area contributed by atoms with E-state index in [0.717, 1.165) is 24.3 Å². The lowest BCUT2D eigenvalue weighted by Gasteiger charge is -2.22. The summed E-state index contributed by atoms with van der Waals surface area (Å²) < 4.78 is 13.6. The number of halogens is 2. The van der Waals surface area contributed by atoms with Crippen LogP contribution in [-0.2, 0) is 0 Å². The molecule has 1 saturated heterocycles. The van der Waals surface area contributed by atoms with Gasteiger partial charge in [0.1, 0.15) is 5.82 Å². The summed E-state index contributed by atoms with van der Waals surface area (Å²) in [5.74, 6) is 1.35. The third-order valence-corrected chi connectivity index (χ3v) is 4.70. The van der Waals surface area contributed by atoms with Gasteiger partial charge in [-0.15, -0.1) is 0 Å². The molecule has 3 N–H and O–H groups in total. The van der Waals surface area contributed by atoms with E-state index in [1.54, 1.807) is 0 Å². The van der Waals surface area contributed by atoms with E-state index in [0.29, 0.717) is 10.0 Å². The SMILES string of the molecule is Nc1cc(C(=O)NC2CCCSC2)c(Br)cc1F. The van der Waals surface area contributed by atoms with Crippen molar-refractivity contribution < 1.29 is 9.18 Å². The van der Waals surface area contributed by atoms with Crippen LogP contribution in [0, 0.1) is 5.82 Å². The first kappa shape index (κ1) is 13.7. The minimum Gasteiger partial charge on any atom is -0.396 e. The van der Waals surface area contributed by atoms with Gasteiger partial charge < -0.3 is 11.1 Å². The minimum absolute atomic E-state index is 0.0126. The lowest BCUT2D eigenvalue weighted by molar-refractivity contribution is 0.0938. The van der Waals surface area contributed by atoms with Crippen LogP contribution in [0.1, 0.15) is 23.2 Å². The van der Waals surface area contributed by atoms with Gasteiger partial charge in [0.15, 0.2) is 0 Å². The molecule has 0 aliphatic carbocycles. The molecule has 1 aliphatic rings. The number of nitrogens with two attached hydrogens (primary N) is 1. The monoisotopic (exact) mass is 332 g/mol. The number of nitrogens with one attached hydrogen (secondary N) is 1. The quantitative estimate of drug-likeness (QED) is 0.819. The molecule has 0 bridgehead atoms. The summed E-state index contributed by atoms with van der Waals surface area (Å²) in [7, 11) is 0. The highest BCUT2D eigenvalue weighted by Gasteiger charge is 2.19. The summed E-state index contributed by atoms with van der Waals surface area (Å²) >= 11 is 5.02. The Kier molecular flexibility index (Phi) is 4.50. The van der Waals surface area contributed by atoms with Gasteiger partial charge in [0.25, 0.3) is 5.91 Å². The highest BCUT2D eigenvalue weighted by Crippen LogP contribution is 2.24.